The highest BCUT2D eigenvalue weighted by Crippen LogP contribution is 2.23. The summed E-state index contributed by atoms with van der Waals surface area (Å²) in [5.74, 6) is 0.407. The molecule has 2 amide bonds. The van der Waals surface area contributed by atoms with E-state index in [2.05, 4.69) is 5.16 Å². The SMILES string of the molecule is CC(C)(C)c1cc(N)no1.O=C(O)[C@@H]1CCCCN1C(=O)N1CCCCC1. The molecule has 2 aliphatic rings. The smallest absolute Gasteiger partial charge is 0.326 e. The molecule has 0 bridgehead atoms. The highest BCUT2D eigenvalue weighted by atomic mass is 16.5. The van der Waals surface area contributed by atoms with Crippen molar-refractivity contribution < 1.29 is 19.2 Å². The number of carboxylic acids is 1. The van der Waals surface area contributed by atoms with Gasteiger partial charge in [0.25, 0.3) is 0 Å². The Morgan fingerprint density at radius 2 is 1.78 bits per heavy atom. The van der Waals surface area contributed by atoms with E-state index < -0.39 is 12.0 Å². The Kier molecular flexibility index (Phi) is 7.10. The molecule has 0 aliphatic carbocycles. The number of aliphatic carboxylic acids is 1. The van der Waals surface area contributed by atoms with Gasteiger partial charge in [0.2, 0.25) is 0 Å². The van der Waals surface area contributed by atoms with E-state index in [0.29, 0.717) is 18.8 Å². The molecule has 8 heteroatoms. The van der Waals surface area contributed by atoms with E-state index in [4.69, 9.17) is 15.4 Å². The Labute approximate surface area is 160 Å². The number of carbonyl (C=O) groups excluding carboxylic acids is 1. The molecule has 2 fully saturated rings. The zero-order chi connectivity index (χ0) is 20.0. The van der Waals surface area contributed by atoms with Crippen molar-refractivity contribution >= 4 is 17.8 Å². The van der Waals surface area contributed by atoms with Gasteiger partial charge in [-0.25, -0.2) is 9.59 Å². The topological polar surface area (TPSA) is 113 Å². The number of anilines is 1. The number of aromatic nitrogens is 1. The predicted molar refractivity (Wildman–Crippen MR) is 102 cm³/mol. The number of nitrogens with zero attached hydrogens (tertiary/aromatic N) is 3. The minimum Gasteiger partial charge on any atom is -0.480 e. The van der Waals surface area contributed by atoms with Crippen molar-refractivity contribution in [1.82, 2.24) is 15.0 Å². The molecule has 2 aliphatic heterocycles. The van der Waals surface area contributed by atoms with E-state index in [0.717, 1.165) is 44.5 Å². The third-order valence-corrected chi connectivity index (χ3v) is 4.93. The number of hydrogen-bond donors (Lipinski definition) is 2. The van der Waals surface area contributed by atoms with Crippen LogP contribution in [0.25, 0.3) is 0 Å². The summed E-state index contributed by atoms with van der Waals surface area (Å²) in [5, 5.41) is 12.7. The van der Waals surface area contributed by atoms with Crippen LogP contribution in [-0.4, -0.2) is 57.7 Å². The molecule has 0 radical (unpaired) electrons. The molecule has 0 unspecified atom stereocenters. The second-order valence-electron chi connectivity index (χ2n) is 8.24. The van der Waals surface area contributed by atoms with Gasteiger partial charge in [0, 0.05) is 31.1 Å². The zero-order valence-electron chi connectivity index (χ0n) is 16.6. The molecule has 1 atom stereocenters. The lowest BCUT2D eigenvalue weighted by Gasteiger charge is -2.38. The van der Waals surface area contributed by atoms with Gasteiger partial charge in [-0.05, 0) is 38.5 Å². The van der Waals surface area contributed by atoms with Gasteiger partial charge in [-0.1, -0.05) is 25.9 Å². The summed E-state index contributed by atoms with van der Waals surface area (Å²) >= 11 is 0. The van der Waals surface area contributed by atoms with Crippen LogP contribution in [0.4, 0.5) is 10.6 Å². The Balaban J connectivity index is 0.000000223. The minimum absolute atomic E-state index is 0.00458. The lowest BCUT2D eigenvalue weighted by Crippen LogP contribution is -2.54. The molecule has 1 aromatic heterocycles. The fourth-order valence-corrected chi connectivity index (χ4v) is 3.33. The first-order chi connectivity index (χ1) is 12.7. The molecule has 3 N–H and O–H groups in total. The van der Waals surface area contributed by atoms with Gasteiger partial charge in [-0.2, -0.15) is 0 Å². The van der Waals surface area contributed by atoms with Gasteiger partial charge in [0.1, 0.15) is 11.8 Å². The summed E-state index contributed by atoms with van der Waals surface area (Å²) in [6, 6.07) is 1.06. The maximum atomic E-state index is 12.3. The van der Waals surface area contributed by atoms with E-state index in [1.165, 1.54) is 6.42 Å². The lowest BCUT2D eigenvalue weighted by atomic mass is 9.93. The molecular formula is C19H32N4O4. The molecule has 1 aromatic rings. The van der Waals surface area contributed by atoms with E-state index in [-0.39, 0.29) is 11.4 Å². The molecule has 3 heterocycles. The monoisotopic (exact) mass is 380 g/mol. The summed E-state index contributed by atoms with van der Waals surface area (Å²) < 4.78 is 4.95. The largest absolute Gasteiger partial charge is 0.480 e. The van der Waals surface area contributed by atoms with Crippen molar-refractivity contribution in [2.24, 2.45) is 0 Å². The van der Waals surface area contributed by atoms with Crippen molar-refractivity contribution in [3.63, 3.8) is 0 Å². The van der Waals surface area contributed by atoms with Crippen LogP contribution in [0.3, 0.4) is 0 Å². The molecule has 3 rings (SSSR count). The van der Waals surface area contributed by atoms with Crippen molar-refractivity contribution in [2.75, 3.05) is 25.4 Å². The number of carboxylic acid groups (broad SMARTS) is 1. The third kappa shape index (κ3) is 5.87. The van der Waals surface area contributed by atoms with Crippen LogP contribution in [0.1, 0.15) is 65.1 Å². The molecule has 0 saturated carbocycles. The molecule has 8 nitrogen and oxygen atoms in total. The number of urea groups is 1. The van der Waals surface area contributed by atoms with Gasteiger partial charge >= 0.3 is 12.0 Å². The van der Waals surface area contributed by atoms with Crippen molar-refractivity contribution in [1.29, 1.82) is 0 Å². The number of rotatable bonds is 1. The number of nitrogen functional groups attached to an aromatic ring is 1. The van der Waals surface area contributed by atoms with Crippen LogP contribution < -0.4 is 5.73 Å². The molecule has 0 aromatic carbocycles. The van der Waals surface area contributed by atoms with Crippen LogP contribution in [0, 0.1) is 0 Å². The van der Waals surface area contributed by atoms with Crippen LogP contribution >= 0.6 is 0 Å². The first-order valence-corrected chi connectivity index (χ1v) is 9.71. The maximum Gasteiger partial charge on any atom is 0.326 e. The normalized spacial score (nSPS) is 20.6. The maximum absolute atomic E-state index is 12.3. The quantitative estimate of drug-likeness (QED) is 0.774. The number of amides is 2. The van der Waals surface area contributed by atoms with Gasteiger partial charge in [0.15, 0.2) is 5.82 Å². The minimum atomic E-state index is -0.866. The second kappa shape index (κ2) is 9.10. The number of piperidine rings is 2. The average molecular weight is 380 g/mol. The Morgan fingerprint density at radius 1 is 1.15 bits per heavy atom. The molecule has 2 saturated heterocycles. The van der Waals surface area contributed by atoms with Crippen molar-refractivity contribution in [3.8, 4) is 0 Å². The number of nitrogens with two attached hydrogens (primary N) is 1. The molecular weight excluding hydrogens is 348 g/mol. The Morgan fingerprint density at radius 3 is 2.26 bits per heavy atom. The highest BCUT2D eigenvalue weighted by Gasteiger charge is 2.34. The van der Waals surface area contributed by atoms with E-state index >= 15 is 0 Å². The second-order valence-corrected chi connectivity index (χ2v) is 8.24. The van der Waals surface area contributed by atoms with Gasteiger partial charge in [-0.15, -0.1) is 0 Å². The summed E-state index contributed by atoms with van der Waals surface area (Å²) in [4.78, 5) is 26.8. The first kappa shape index (κ1) is 21.1. The number of likely N-dealkylation sites (tertiary alicyclic amines) is 2. The molecule has 27 heavy (non-hydrogen) atoms. The van der Waals surface area contributed by atoms with Crippen molar-refractivity contribution in [2.45, 2.75) is 70.8 Å². The standard InChI is InChI=1S/C12H20N2O3.C7H12N2O/c15-11(16)10-6-2-5-9-14(10)12(17)13-7-3-1-4-8-13;1-7(2,3)5-4-6(8)9-10-5/h10H,1-9H2,(H,15,16);4H,1-3H3,(H2,8,9)/t10-;/m0./s1. The lowest BCUT2D eigenvalue weighted by molar-refractivity contribution is -0.143. The van der Waals surface area contributed by atoms with Crippen LogP contribution in [0.2, 0.25) is 0 Å². The van der Waals surface area contributed by atoms with E-state index in [9.17, 15) is 9.59 Å². The fraction of sp³-hybridized carbons (Fsp3) is 0.737. The third-order valence-electron chi connectivity index (χ3n) is 4.93. The highest BCUT2D eigenvalue weighted by molar-refractivity contribution is 5.83. The van der Waals surface area contributed by atoms with E-state index in [1.54, 1.807) is 11.0 Å². The van der Waals surface area contributed by atoms with Crippen LogP contribution in [0.5, 0.6) is 0 Å². The average Bonchev–Trinajstić information content (AvgIpc) is 3.09. The number of carbonyl (C=O) groups is 2. The summed E-state index contributed by atoms with van der Waals surface area (Å²) in [7, 11) is 0. The summed E-state index contributed by atoms with van der Waals surface area (Å²) in [6.07, 6.45) is 5.67. The van der Waals surface area contributed by atoms with Gasteiger partial charge < -0.3 is 25.2 Å². The van der Waals surface area contributed by atoms with Crippen molar-refractivity contribution in [3.05, 3.63) is 11.8 Å². The Bertz CT molecular complexity index is 632. The molecule has 152 valence electrons. The molecule has 0 spiro atoms. The van der Waals surface area contributed by atoms with Crippen LogP contribution in [0.15, 0.2) is 10.6 Å². The summed E-state index contributed by atoms with van der Waals surface area (Å²) in [6.45, 7) is 8.29. The van der Waals surface area contributed by atoms with Gasteiger partial charge in [-0.3, -0.25) is 0 Å². The van der Waals surface area contributed by atoms with E-state index in [1.807, 2.05) is 25.7 Å². The zero-order valence-corrected chi connectivity index (χ0v) is 16.6. The fourth-order valence-electron chi connectivity index (χ4n) is 3.33. The van der Waals surface area contributed by atoms with Crippen LogP contribution in [-0.2, 0) is 10.2 Å². The van der Waals surface area contributed by atoms with Gasteiger partial charge in [0.05, 0.1) is 0 Å². The Hall–Kier alpha value is -2.25. The first-order valence-electron chi connectivity index (χ1n) is 9.71. The predicted octanol–water partition coefficient (Wildman–Crippen LogP) is 3.09. The number of hydrogen-bond acceptors (Lipinski definition) is 5. The summed E-state index contributed by atoms with van der Waals surface area (Å²) in [5.41, 5.74) is 5.38.